The quantitative estimate of drug-likeness (QED) is 0.791. The van der Waals surface area contributed by atoms with Crippen LogP contribution in [-0.2, 0) is 9.59 Å². The molecule has 1 aliphatic rings. The van der Waals surface area contributed by atoms with Crippen molar-refractivity contribution < 1.29 is 19.8 Å². The number of hydrogen-bond acceptors (Lipinski definition) is 4. The van der Waals surface area contributed by atoms with Gasteiger partial charge in [0.1, 0.15) is 5.75 Å². The SMILES string of the molecule is O=C([O-])C1CCCCC1C(=O)Nc1ccc(O)cc1. The van der Waals surface area contributed by atoms with E-state index in [0.29, 0.717) is 18.5 Å². The molecule has 0 aromatic heterocycles. The molecule has 2 N–H and O–H groups in total. The molecule has 0 radical (unpaired) electrons. The average molecular weight is 262 g/mol. The van der Waals surface area contributed by atoms with Crippen molar-refractivity contribution in [3.8, 4) is 5.75 Å². The summed E-state index contributed by atoms with van der Waals surface area (Å²) in [5.74, 6) is -2.56. The lowest BCUT2D eigenvalue weighted by Crippen LogP contribution is -2.42. The van der Waals surface area contributed by atoms with E-state index in [1.54, 1.807) is 12.1 Å². The van der Waals surface area contributed by atoms with Gasteiger partial charge < -0.3 is 20.3 Å². The standard InChI is InChI=1S/C14H17NO4/c16-10-7-5-9(6-8-10)15-13(17)11-3-1-2-4-12(11)14(18)19/h5-8,11-12,16H,1-4H2,(H,15,17)(H,18,19)/p-1. The summed E-state index contributed by atoms with van der Waals surface area (Å²) < 4.78 is 0. The molecular formula is C14H16NO4-. The van der Waals surface area contributed by atoms with Crippen LogP contribution in [0, 0.1) is 11.8 Å². The minimum atomic E-state index is -1.15. The molecule has 1 fully saturated rings. The van der Waals surface area contributed by atoms with Crippen molar-refractivity contribution in [3.63, 3.8) is 0 Å². The number of amides is 1. The van der Waals surface area contributed by atoms with Gasteiger partial charge in [-0.05, 0) is 37.1 Å². The molecule has 0 spiro atoms. The van der Waals surface area contributed by atoms with E-state index in [-0.39, 0.29) is 11.7 Å². The van der Waals surface area contributed by atoms with Gasteiger partial charge in [0.25, 0.3) is 0 Å². The first kappa shape index (κ1) is 13.4. The van der Waals surface area contributed by atoms with Crippen molar-refractivity contribution in [3.05, 3.63) is 24.3 Å². The van der Waals surface area contributed by atoms with E-state index in [1.807, 2.05) is 0 Å². The number of carbonyl (C=O) groups is 2. The van der Waals surface area contributed by atoms with Crippen LogP contribution in [-0.4, -0.2) is 17.0 Å². The number of anilines is 1. The highest BCUT2D eigenvalue weighted by Crippen LogP contribution is 2.30. The van der Waals surface area contributed by atoms with Crippen molar-refractivity contribution >= 4 is 17.6 Å². The summed E-state index contributed by atoms with van der Waals surface area (Å²) in [4.78, 5) is 23.1. The highest BCUT2D eigenvalue weighted by atomic mass is 16.4. The van der Waals surface area contributed by atoms with Crippen LogP contribution in [0.15, 0.2) is 24.3 Å². The average Bonchev–Trinajstić information content (AvgIpc) is 2.41. The third kappa shape index (κ3) is 3.24. The minimum Gasteiger partial charge on any atom is -0.550 e. The maximum Gasteiger partial charge on any atom is 0.228 e. The molecule has 1 aliphatic carbocycles. The van der Waals surface area contributed by atoms with E-state index in [1.165, 1.54) is 12.1 Å². The number of phenolic OH excluding ortho intramolecular Hbond substituents is 1. The van der Waals surface area contributed by atoms with Crippen molar-refractivity contribution in [1.82, 2.24) is 0 Å². The maximum absolute atomic E-state index is 12.1. The Kier molecular flexibility index (Phi) is 4.04. The first-order valence-corrected chi connectivity index (χ1v) is 6.38. The lowest BCUT2D eigenvalue weighted by atomic mass is 9.78. The fourth-order valence-corrected chi connectivity index (χ4v) is 2.51. The summed E-state index contributed by atoms with van der Waals surface area (Å²) >= 11 is 0. The van der Waals surface area contributed by atoms with Crippen molar-refractivity contribution in [2.45, 2.75) is 25.7 Å². The van der Waals surface area contributed by atoms with Gasteiger partial charge in [0.2, 0.25) is 5.91 Å². The smallest absolute Gasteiger partial charge is 0.228 e. The van der Waals surface area contributed by atoms with Crippen molar-refractivity contribution in [2.75, 3.05) is 5.32 Å². The number of nitrogens with one attached hydrogen (secondary N) is 1. The normalized spacial score (nSPS) is 22.7. The molecule has 2 rings (SSSR count). The predicted octanol–water partition coefficient (Wildman–Crippen LogP) is 0.887. The van der Waals surface area contributed by atoms with E-state index >= 15 is 0 Å². The number of benzene rings is 1. The molecule has 1 aromatic rings. The largest absolute Gasteiger partial charge is 0.550 e. The van der Waals surface area contributed by atoms with Gasteiger partial charge in [-0.25, -0.2) is 0 Å². The monoisotopic (exact) mass is 262 g/mol. The number of carboxylic acids is 1. The van der Waals surface area contributed by atoms with Gasteiger partial charge in [-0.3, -0.25) is 4.79 Å². The zero-order chi connectivity index (χ0) is 13.8. The fourth-order valence-electron chi connectivity index (χ4n) is 2.51. The molecule has 0 saturated heterocycles. The summed E-state index contributed by atoms with van der Waals surface area (Å²) in [5, 5.41) is 22.9. The summed E-state index contributed by atoms with van der Waals surface area (Å²) in [7, 11) is 0. The highest BCUT2D eigenvalue weighted by molar-refractivity contribution is 5.95. The Labute approximate surface area is 111 Å². The zero-order valence-corrected chi connectivity index (χ0v) is 10.5. The third-order valence-corrected chi connectivity index (χ3v) is 3.54. The number of carbonyl (C=O) groups excluding carboxylic acids is 2. The lowest BCUT2D eigenvalue weighted by Gasteiger charge is -2.31. The number of aromatic hydroxyl groups is 1. The summed E-state index contributed by atoms with van der Waals surface area (Å²) in [6.45, 7) is 0. The second-order valence-corrected chi connectivity index (χ2v) is 4.85. The predicted molar refractivity (Wildman–Crippen MR) is 67.2 cm³/mol. The van der Waals surface area contributed by atoms with E-state index in [9.17, 15) is 14.7 Å². The highest BCUT2D eigenvalue weighted by Gasteiger charge is 2.31. The second-order valence-electron chi connectivity index (χ2n) is 4.85. The van der Waals surface area contributed by atoms with Gasteiger partial charge in [0, 0.05) is 23.5 Å². The van der Waals surface area contributed by atoms with Gasteiger partial charge in [-0.15, -0.1) is 0 Å². The molecule has 1 amide bonds. The van der Waals surface area contributed by atoms with Crippen molar-refractivity contribution in [1.29, 1.82) is 0 Å². The first-order valence-electron chi connectivity index (χ1n) is 6.38. The van der Waals surface area contributed by atoms with Gasteiger partial charge in [-0.1, -0.05) is 12.8 Å². The van der Waals surface area contributed by atoms with Gasteiger partial charge in [0.15, 0.2) is 0 Å². The van der Waals surface area contributed by atoms with Crippen LogP contribution in [0.5, 0.6) is 5.75 Å². The van der Waals surface area contributed by atoms with Crippen molar-refractivity contribution in [2.24, 2.45) is 11.8 Å². The fraction of sp³-hybridized carbons (Fsp3) is 0.429. The Bertz CT molecular complexity index is 469. The summed E-state index contributed by atoms with van der Waals surface area (Å²) in [6.07, 6.45) is 2.75. The van der Waals surface area contributed by atoms with Crippen LogP contribution in [0.25, 0.3) is 0 Å². The van der Waals surface area contributed by atoms with Gasteiger partial charge in [-0.2, -0.15) is 0 Å². The molecule has 0 aliphatic heterocycles. The van der Waals surface area contributed by atoms with Crippen LogP contribution in [0.4, 0.5) is 5.69 Å². The molecule has 2 atom stereocenters. The Morgan fingerprint density at radius 1 is 1.11 bits per heavy atom. The second kappa shape index (κ2) is 5.73. The minimum absolute atomic E-state index is 0.114. The van der Waals surface area contributed by atoms with Crippen LogP contribution in [0.2, 0.25) is 0 Å². The maximum atomic E-state index is 12.1. The molecular weight excluding hydrogens is 246 g/mol. The number of rotatable bonds is 3. The third-order valence-electron chi connectivity index (χ3n) is 3.54. The van der Waals surface area contributed by atoms with Crippen LogP contribution >= 0.6 is 0 Å². The van der Waals surface area contributed by atoms with Crippen LogP contribution < -0.4 is 10.4 Å². The number of phenols is 1. The molecule has 5 heteroatoms. The molecule has 5 nitrogen and oxygen atoms in total. The molecule has 19 heavy (non-hydrogen) atoms. The number of hydrogen-bond donors (Lipinski definition) is 2. The first-order chi connectivity index (χ1) is 9.08. The topological polar surface area (TPSA) is 89.5 Å². The molecule has 1 aromatic carbocycles. The summed E-state index contributed by atoms with van der Waals surface area (Å²) in [5.41, 5.74) is 0.547. The van der Waals surface area contributed by atoms with E-state index in [4.69, 9.17) is 5.11 Å². The molecule has 0 bridgehead atoms. The van der Waals surface area contributed by atoms with Crippen LogP contribution in [0.3, 0.4) is 0 Å². The van der Waals surface area contributed by atoms with E-state index in [2.05, 4.69) is 5.32 Å². The van der Waals surface area contributed by atoms with Gasteiger partial charge >= 0.3 is 0 Å². The van der Waals surface area contributed by atoms with E-state index < -0.39 is 17.8 Å². The Morgan fingerprint density at radius 3 is 2.26 bits per heavy atom. The molecule has 102 valence electrons. The number of aliphatic carboxylic acids is 1. The Balaban J connectivity index is 2.05. The Hall–Kier alpha value is -2.04. The van der Waals surface area contributed by atoms with E-state index in [0.717, 1.165) is 12.8 Å². The number of carboxylic acid groups (broad SMARTS) is 1. The van der Waals surface area contributed by atoms with Gasteiger partial charge in [0.05, 0.1) is 0 Å². The molecule has 1 saturated carbocycles. The molecule has 0 heterocycles. The van der Waals surface area contributed by atoms with Crippen LogP contribution in [0.1, 0.15) is 25.7 Å². The molecule has 2 unspecified atom stereocenters. The summed E-state index contributed by atoms with van der Waals surface area (Å²) in [6, 6.07) is 6.08. The Morgan fingerprint density at radius 2 is 1.68 bits per heavy atom. The lowest BCUT2D eigenvalue weighted by molar-refractivity contribution is -0.313. The zero-order valence-electron chi connectivity index (χ0n) is 10.5.